The monoisotopic (exact) mass is 482 g/mol. The van der Waals surface area contributed by atoms with Crippen molar-refractivity contribution in [1.82, 2.24) is 4.90 Å². The maximum Gasteiger partial charge on any atom is 0.193 e. The van der Waals surface area contributed by atoms with Crippen molar-refractivity contribution in [2.45, 2.75) is 26.3 Å². The number of nitrogens with two attached hydrogens (primary N) is 1. The molecule has 6 heteroatoms. The van der Waals surface area contributed by atoms with Crippen molar-refractivity contribution in [3.63, 3.8) is 0 Å². The van der Waals surface area contributed by atoms with Crippen molar-refractivity contribution in [2.24, 2.45) is 10.7 Å². The van der Waals surface area contributed by atoms with E-state index in [-0.39, 0.29) is 24.0 Å². The molecule has 1 unspecified atom stereocenters. The van der Waals surface area contributed by atoms with Gasteiger partial charge in [0.1, 0.15) is 5.75 Å². The zero-order valence-electron chi connectivity index (χ0n) is 16.4. The Balaban J connectivity index is 0.00000364. The second-order valence-corrected chi connectivity index (χ2v) is 6.15. The van der Waals surface area contributed by atoms with Gasteiger partial charge in [-0.25, -0.2) is 0 Å². The fourth-order valence-electron chi connectivity index (χ4n) is 3.03. The van der Waals surface area contributed by atoms with Crippen molar-refractivity contribution in [1.29, 1.82) is 0 Å². The number of guanidine groups is 1. The van der Waals surface area contributed by atoms with Crippen LogP contribution in [0.5, 0.6) is 5.75 Å². The molecule has 3 N–H and O–H groups in total. The van der Waals surface area contributed by atoms with E-state index in [9.17, 15) is 0 Å². The van der Waals surface area contributed by atoms with E-state index >= 15 is 0 Å². The van der Waals surface area contributed by atoms with E-state index in [0.29, 0.717) is 18.5 Å². The summed E-state index contributed by atoms with van der Waals surface area (Å²) in [6.07, 6.45) is 0.957. The summed E-state index contributed by atoms with van der Waals surface area (Å²) in [6.45, 7) is 7.00. The number of halogens is 1. The normalized spacial score (nSPS) is 12.4. The molecule has 0 aliphatic rings. The molecule has 2 rings (SSSR count). The number of ether oxygens (including phenoxy) is 1. The van der Waals surface area contributed by atoms with Crippen LogP contribution in [0.15, 0.2) is 59.6 Å². The van der Waals surface area contributed by atoms with Gasteiger partial charge in [-0.2, -0.15) is 0 Å². The minimum absolute atomic E-state index is 0. The van der Waals surface area contributed by atoms with Crippen molar-refractivity contribution < 1.29 is 4.74 Å². The molecule has 27 heavy (non-hydrogen) atoms. The number of anilines is 1. The van der Waals surface area contributed by atoms with E-state index in [4.69, 9.17) is 10.5 Å². The van der Waals surface area contributed by atoms with Crippen molar-refractivity contribution in [2.75, 3.05) is 32.1 Å². The van der Waals surface area contributed by atoms with Crippen LogP contribution in [0.4, 0.5) is 5.69 Å². The van der Waals surface area contributed by atoms with E-state index in [1.54, 1.807) is 7.11 Å². The van der Waals surface area contributed by atoms with Crippen molar-refractivity contribution in [3.05, 3.63) is 60.2 Å². The number of likely N-dealkylation sites (N-methyl/N-ethyl adjacent to an activating group) is 1. The van der Waals surface area contributed by atoms with Gasteiger partial charge in [0.15, 0.2) is 5.96 Å². The molecule has 0 aromatic heterocycles. The Labute approximate surface area is 180 Å². The predicted molar refractivity (Wildman–Crippen MR) is 125 cm³/mol. The fraction of sp³-hybridized carbons (Fsp3) is 0.381. The third-order valence-electron chi connectivity index (χ3n) is 4.46. The third kappa shape index (κ3) is 7.76. The SMILES string of the molecule is CCN(CC)C(CN=C(N)Nc1cccc(OC)c1)Cc1ccccc1.I. The molecule has 2 aromatic carbocycles. The molecule has 0 aliphatic carbocycles. The maximum absolute atomic E-state index is 6.10. The van der Waals surface area contributed by atoms with Crippen LogP contribution in [0.3, 0.4) is 0 Å². The minimum Gasteiger partial charge on any atom is -0.497 e. The van der Waals surface area contributed by atoms with Crippen molar-refractivity contribution in [3.8, 4) is 5.75 Å². The fourth-order valence-corrected chi connectivity index (χ4v) is 3.03. The highest BCUT2D eigenvalue weighted by Crippen LogP contribution is 2.16. The predicted octanol–water partition coefficient (Wildman–Crippen LogP) is 3.99. The first kappa shape index (κ1) is 23.2. The highest BCUT2D eigenvalue weighted by Gasteiger charge is 2.16. The second-order valence-electron chi connectivity index (χ2n) is 6.15. The molecular weight excluding hydrogens is 451 g/mol. The molecule has 0 fully saturated rings. The standard InChI is InChI=1S/C21H30N4O.HI/c1-4-25(5-2)19(14-17-10-7-6-8-11-17)16-23-21(22)24-18-12-9-13-20(15-18)26-3;/h6-13,15,19H,4-5,14,16H2,1-3H3,(H3,22,23,24);1H. The van der Waals surface area contributed by atoms with Gasteiger partial charge in [0, 0.05) is 17.8 Å². The Kier molecular flexibility index (Phi) is 10.8. The number of nitrogens with one attached hydrogen (secondary N) is 1. The van der Waals surface area contributed by atoms with E-state index in [2.05, 4.69) is 53.3 Å². The smallest absolute Gasteiger partial charge is 0.193 e. The number of methoxy groups -OCH3 is 1. The Morgan fingerprint density at radius 3 is 2.44 bits per heavy atom. The molecule has 0 bridgehead atoms. The van der Waals surface area contributed by atoms with Crippen LogP contribution in [-0.4, -0.2) is 43.6 Å². The van der Waals surface area contributed by atoms with Gasteiger partial charge in [0.05, 0.1) is 13.7 Å². The summed E-state index contributed by atoms with van der Waals surface area (Å²) in [7, 11) is 1.65. The van der Waals surface area contributed by atoms with Crippen LogP contribution in [0, 0.1) is 0 Å². The summed E-state index contributed by atoms with van der Waals surface area (Å²) >= 11 is 0. The molecule has 0 saturated carbocycles. The summed E-state index contributed by atoms with van der Waals surface area (Å²) in [6, 6.07) is 18.5. The van der Waals surface area contributed by atoms with Crippen LogP contribution in [0.2, 0.25) is 0 Å². The van der Waals surface area contributed by atoms with Crippen LogP contribution < -0.4 is 15.8 Å². The first-order valence-corrected chi connectivity index (χ1v) is 9.15. The number of nitrogens with zero attached hydrogens (tertiary/aromatic N) is 2. The zero-order valence-corrected chi connectivity index (χ0v) is 18.7. The maximum atomic E-state index is 6.10. The molecule has 0 spiro atoms. The van der Waals surface area contributed by atoms with Crippen LogP contribution in [-0.2, 0) is 6.42 Å². The molecule has 0 aliphatic heterocycles. The first-order chi connectivity index (χ1) is 12.7. The van der Waals surface area contributed by atoms with Gasteiger partial charge in [-0.15, -0.1) is 24.0 Å². The van der Waals surface area contributed by atoms with Gasteiger partial charge >= 0.3 is 0 Å². The molecule has 1 atom stereocenters. The van der Waals surface area contributed by atoms with Crippen LogP contribution in [0.25, 0.3) is 0 Å². The molecule has 2 aromatic rings. The zero-order chi connectivity index (χ0) is 18.8. The average molecular weight is 482 g/mol. The van der Waals surface area contributed by atoms with E-state index in [0.717, 1.165) is 30.9 Å². The second kappa shape index (κ2) is 12.6. The lowest BCUT2D eigenvalue weighted by Gasteiger charge is -2.28. The number of benzene rings is 2. The Morgan fingerprint density at radius 2 is 1.81 bits per heavy atom. The minimum atomic E-state index is 0. The molecule has 5 nitrogen and oxygen atoms in total. The molecule has 0 heterocycles. The van der Waals surface area contributed by atoms with E-state index in [1.165, 1.54) is 5.56 Å². The Morgan fingerprint density at radius 1 is 1.11 bits per heavy atom. The quantitative estimate of drug-likeness (QED) is 0.322. The van der Waals surface area contributed by atoms with Crippen LogP contribution in [0.1, 0.15) is 19.4 Å². The topological polar surface area (TPSA) is 62.9 Å². The Bertz CT molecular complexity index is 690. The average Bonchev–Trinajstić information content (AvgIpc) is 2.67. The van der Waals surface area contributed by atoms with Gasteiger partial charge < -0.3 is 15.8 Å². The summed E-state index contributed by atoms with van der Waals surface area (Å²) in [5.74, 6) is 1.20. The number of hydrogen-bond donors (Lipinski definition) is 2. The molecule has 0 radical (unpaired) electrons. The lowest BCUT2D eigenvalue weighted by Crippen LogP contribution is -2.39. The largest absolute Gasteiger partial charge is 0.497 e. The highest BCUT2D eigenvalue weighted by atomic mass is 127. The highest BCUT2D eigenvalue weighted by molar-refractivity contribution is 14.0. The number of hydrogen-bond acceptors (Lipinski definition) is 3. The summed E-state index contributed by atoms with van der Waals surface area (Å²) < 4.78 is 5.23. The Hall–Kier alpha value is -1.80. The number of rotatable bonds is 9. The molecule has 0 amide bonds. The van der Waals surface area contributed by atoms with Gasteiger partial charge in [-0.1, -0.05) is 50.2 Å². The van der Waals surface area contributed by atoms with E-state index < -0.39 is 0 Å². The first-order valence-electron chi connectivity index (χ1n) is 9.15. The lowest BCUT2D eigenvalue weighted by atomic mass is 10.0. The van der Waals surface area contributed by atoms with Crippen molar-refractivity contribution >= 4 is 35.6 Å². The lowest BCUT2D eigenvalue weighted by molar-refractivity contribution is 0.220. The van der Waals surface area contributed by atoms with Gasteiger partial charge in [-0.3, -0.25) is 9.89 Å². The molecule has 0 saturated heterocycles. The summed E-state index contributed by atoms with van der Waals surface area (Å²) in [5, 5.41) is 3.14. The molecular formula is C21H31IN4O. The van der Waals surface area contributed by atoms with Gasteiger partial charge in [0.25, 0.3) is 0 Å². The summed E-state index contributed by atoms with van der Waals surface area (Å²) in [4.78, 5) is 7.01. The van der Waals surface area contributed by atoms with Gasteiger partial charge in [0.2, 0.25) is 0 Å². The van der Waals surface area contributed by atoms with E-state index in [1.807, 2.05) is 30.3 Å². The molecule has 148 valence electrons. The number of aliphatic imine (C=N–C) groups is 1. The van der Waals surface area contributed by atoms with Gasteiger partial charge in [-0.05, 0) is 37.2 Å². The van der Waals surface area contributed by atoms with Crippen LogP contribution >= 0.6 is 24.0 Å². The third-order valence-corrected chi connectivity index (χ3v) is 4.46. The summed E-state index contributed by atoms with van der Waals surface area (Å²) in [5.41, 5.74) is 8.29.